The number of carbonyl (C=O) groups is 2. The van der Waals surface area contributed by atoms with E-state index in [4.69, 9.17) is 9.47 Å². The molecule has 2 rings (SSSR count). The highest BCUT2D eigenvalue weighted by atomic mass is 16.6. The highest BCUT2D eigenvalue weighted by Crippen LogP contribution is 2.17. The second-order valence-corrected chi connectivity index (χ2v) is 7.69. The fourth-order valence-corrected chi connectivity index (χ4v) is 2.87. The molecule has 2 N–H and O–H groups in total. The molecule has 2 amide bonds. The molecule has 6 nitrogen and oxygen atoms in total. The largest absolute Gasteiger partial charge is 0.444 e. The van der Waals surface area contributed by atoms with Crippen molar-refractivity contribution in [1.82, 2.24) is 10.6 Å². The van der Waals surface area contributed by atoms with Gasteiger partial charge in [0, 0.05) is 6.04 Å². The zero-order valence-electron chi connectivity index (χ0n) is 15.9. The molecule has 26 heavy (non-hydrogen) atoms. The van der Waals surface area contributed by atoms with E-state index in [1.54, 1.807) is 20.8 Å². The molecule has 0 unspecified atom stereocenters. The van der Waals surface area contributed by atoms with Gasteiger partial charge in [-0.15, -0.1) is 0 Å². The van der Waals surface area contributed by atoms with E-state index in [0.29, 0.717) is 6.61 Å². The van der Waals surface area contributed by atoms with Crippen LogP contribution in [0.25, 0.3) is 0 Å². The number of alkyl carbamates (subject to hydrolysis) is 1. The third kappa shape index (κ3) is 7.44. The number of benzene rings is 1. The van der Waals surface area contributed by atoms with Crippen LogP contribution < -0.4 is 10.6 Å². The molecule has 1 aromatic rings. The Morgan fingerprint density at radius 3 is 2.42 bits per heavy atom. The molecular formula is C20H30N2O4. The van der Waals surface area contributed by atoms with Gasteiger partial charge in [-0.05, 0) is 39.2 Å². The molecule has 6 heteroatoms. The molecule has 0 saturated heterocycles. The van der Waals surface area contributed by atoms with E-state index < -0.39 is 17.7 Å². The minimum Gasteiger partial charge on any atom is -0.444 e. The molecular weight excluding hydrogens is 332 g/mol. The smallest absolute Gasteiger partial charge is 0.408 e. The normalized spacial score (nSPS) is 16.1. The van der Waals surface area contributed by atoms with Gasteiger partial charge in [0.1, 0.15) is 11.6 Å². The Hall–Kier alpha value is -2.08. The van der Waals surface area contributed by atoms with Crippen molar-refractivity contribution in [2.24, 2.45) is 0 Å². The molecule has 1 aliphatic rings. The third-order valence-electron chi connectivity index (χ3n) is 4.11. The zero-order chi connectivity index (χ0) is 19.0. The highest BCUT2D eigenvalue weighted by molar-refractivity contribution is 5.86. The van der Waals surface area contributed by atoms with Crippen molar-refractivity contribution in [3.63, 3.8) is 0 Å². The van der Waals surface area contributed by atoms with Crippen molar-refractivity contribution in [1.29, 1.82) is 0 Å². The fourth-order valence-electron chi connectivity index (χ4n) is 2.87. The lowest BCUT2D eigenvalue weighted by Gasteiger charge is -2.24. The third-order valence-corrected chi connectivity index (χ3v) is 4.11. The lowest BCUT2D eigenvalue weighted by Crippen LogP contribution is -2.52. The molecule has 1 fully saturated rings. The molecule has 0 radical (unpaired) electrons. The first kappa shape index (κ1) is 20.2. The van der Waals surface area contributed by atoms with Crippen LogP contribution in [0.4, 0.5) is 4.79 Å². The average Bonchev–Trinajstić information content (AvgIpc) is 3.06. The first-order valence-corrected chi connectivity index (χ1v) is 9.25. The van der Waals surface area contributed by atoms with E-state index in [9.17, 15) is 9.59 Å². The van der Waals surface area contributed by atoms with E-state index in [1.165, 1.54) is 0 Å². The Bertz CT molecular complexity index is 577. The number of rotatable bonds is 7. The molecule has 1 aliphatic carbocycles. The van der Waals surface area contributed by atoms with Gasteiger partial charge in [0.2, 0.25) is 5.91 Å². The van der Waals surface area contributed by atoms with E-state index in [2.05, 4.69) is 10.6 Å². The highest BCUT2D eigenvalue weighted by Gasteiger charge is 2.27. The van der Waals surface area contributed by atoms with Gasteiger partial charge in [0.05, 0.1) is 13.2 Å². The summed E-state index contributed by atoms with van der Waals surface area (Å²) in [5, 5.41) is 5.64. The molecule has 0 bridgehead atoms. The van der Waals surface area contributed by atoms with Gasteiger partial charge in [-0.2, -0.15) is 0 Å². The van der Waals surface area contributed by atoms with Crippen LogP contribution in [0.5, 0.6) is 0 Å². The van der Waals surface area contributed by atoms with Crippen molar-refractivity contribution in [3.8, 4) is 0 Å². The summed E-state index contributed by atoms with van der Waals surface area (Å²) in [5.41, 5.74) is 0.390. The Kier molecular flexibility index (Phi) is 7.45. The van der Waals surface area contributed by atoms with E-state index in [1.807, 2.05) is 30.3 Å². The summed E-state index contributed by atoms with van der Waals surface area (Å²) in [6, 6.07) is 9.10. The molecule has 0 aliphatic heterocycles. The van der Waals surface area contributed by atoms with E-state index >= 15 is 0 Å². The van der Waals surface area contributed by atoms with Crippen LogP contribution in [0, 0.1) is 0 Å². The van der Waals surface area contributed by atoms with Gasteiger partial charge in [-0.25, -0.2) is 4.79 Å². The molecule has 0 heterocycles. The van der Waals surface area contributed by atoms with Crippen LogP contribution in [0.2, 0.25) is 0 Å². The predicted molar refractivity (Wildman–Crippen MR) is 99.7 cm³/mol. The SMILES string of the molecule is CC(C)(C)OC(=O)N[C@@H](COCc1ccccc1)C(=O)NC1CCCC1. The molecule has 1 atom stereocenters. The van der Waals surface area contributed by atoms with Gasteiger partial charge in [-0.3, -0.25) is 4.79 Å². The number of carbonyl (C=O) groups excluding carboxylic acids is 2. The number of amides is 2. The molecule has 0 spiro atoms. The Balaban J connectivity index is 1.90. The van der Waals surface area contributed by atoms with Crippen LogP contribution in [0.3, 0.4) is 0 Å². The Morgan fingerprint density at radius 1 is 1.15 bits per heavy atom. The van der Waals surface area contributed by atoms with E-state index in [-0.39, 0.29) is 18.6 Å². The van der Waals surface area contributed by atoms with Crippen LogP contribution in [0.15, 0.2) is 30.3 Å². The fraction of sp³-hybridized carbons (Fsp3) is 0.600. The van der Waals surface area contributed by atoms with Crippen molar-refractivity contribution in [2.75, 3.05) is 6.61 Å². The van der Waals surface area contributed by atoms with Crippen LogP contribution in [-0.4, -0.2) is 36.3 Å². The number of ether oxygens (including phenoxy) is 2. The summed E-state index contributed by atoms with van der Waals surface area (Å²) < 4.78 is 10.9. The van der Waals surface area contributed by atoms with Gasteiger partial charge in [-0.1, -0.05) is 43.2 Å². The molecule has 1 saturated carbocycles. The van der Waals surface area contributed by atoms with Crippen molar-refractivity contribution in [3.05, 3.63) is 35.9 Å². The Morgan fingerprint density at radius 2 is 1.81 bits per heavy atom. The quantitative estimate of drug-likeness (QED) is 0.781. The summed E-state index contributed by atoms with van der Waals surface area (Å²) in [4.78, 5) is 24.7. The standard InChI is InChI=1S/C20H30N2O4/c1-20(2,3)26-19(24)22-17(18(23)21-16-11-7-8-12-16)14-25-13-15-9-5-4-6-10-15/h4-6,9-10,16-17H,7-8,11-14H2,1-3H3,(H,21,23)(H,22,24)/t17-/m0/s1. The average molecular weight is 362 g/mol. The lowest BCUT2D eigenvalue weighted by molar-refractivity contribution is -0.125. The first-order chi connectivity index (χ1) is 12.3. The topological polar surface area (TPSA) is 76.7 Å². The van der Waals surface area contributed by atoms with Gasteiger partial charge < -0.3 is 20.1 Å². The maximum atomic E-state index is 12.6. The minimum atomic E-state index is -0.783. The second-order valence-electron chi connectivity index (χ2n) is 7.69. The minimum absolute atomic E-state index is 0.0900. The predicted octanol–water partition coefficient (Wildman–Crippen LogP) is 3.16. The Labute approximate surface area is 155 Å². The van der Waals surface area contributed by atoms with E-state index in [0.717, 1.165) is 31.2 Å². The molecule has 0 aromatic heterocycles. The zero-order valence-corrected chi connectivity index (χ0v) is 15.9. The monoisotopic (exact) mass is 362 g/mol. The van der Waals surface area contributed by atoms with Crippen LogP contribution >= 0.6 is 0 Å². The van der Waals surface area contributed by atoms with Crippen LogP contribution in [0.1, 0.15) is 52.0 Å². The number of hydrogen-bond donors (Lipinski definition) is 2. The summed E-state index contributed by atoms with van der Waals surface area (Å²) in [6.07, 6.45) is 3.59. The summed E-state index contributed by atoms with van der Waals surface area (Å²) in [6.45, 7) is 5.82. The molecule has 1 aromatic carbocycles. The van der Waals surface area contributed by atoms with Crippen molar-refractivity contribution >= 4 is 12.0 Å². The number of hydrogen-bond acceptors (Lipinski definition) is 4. The first-order valence-electron chi connectivity index (χ1n) is 9.25. The summed E-state index contributed by atoms with van der Waals surface area (Å²) in [5.74, 6) is -0.226. The summed E-state index contributed by atoms with van der Waals surface area (Å²) in [7, 11) is 0. The van der Waals surface area contributed by atoms with Gasteiger partial charge in [0.15, 0.2) is 0 Å². The van der Waals surface area contributed by atoms with Crippen molar-refractivity contribution in [2.45, 2.75) is 70.7 Å². The van der Waals surface area contributed by atoms with Crippen molar-refractivity contribution < 1.29 is 19.1 Å². The maximum absolute atomic E-state index is 12.6. The lowest BCUT2D eigenvalue weighted by atomic mass is 10.2. The number of nitrogens with one attached hydrogen (secondary N) is 2. The summed E-state index contributed by atoms with van der Waals surface area (Å²) >= 11 is 0. The maximum Gasteiger partial charge on any atom is 0.408 e. The molecule has 144 valence electrons. The van der Waals surface area contributed by atoms with Gasteiger partial charge in [0.25, 0.3) is 0 Å². The van der Waals surface area contributed by atoms with Gasteiger partial charge >= 0.3 is 6.09 Å². The van der Waals surface area contributed by atoms with Crippen LogP contribution in [-0.2, 0) is 20.9 Å². The second kappa shape index (κ2) is 9.57.